The predicted molar refractivity (Wildman–Crippen MR) is 121 cm³/mol. The van der Waals surface area contributed by atoms with E-state index in [4.69, 9.17) is 18.6 Å². The second kappa shape index (κ2) is 9.65. The number of hydrogen-bond donors (Lipinski definition) is 1. The zero-order valence-corrected chi connectivity index (χ0v) is 18.7. The average molecular weight is 455 g/mol. The van der Waals surface area contributed by atoms with Crippen LogP contribution < -0.4 is 19.5 Å². The Balaban J connectivity index is 1.60. The van der Waals surface area contributed by atoms with Crippen molar-refractivity contribution < 1.29 is 23.4 Å². The minimum absolute atomic E-state index is 0.0333. The number of ether oxygens (including phenoxy) is 3. The van der Waals surface area contributed by atoms with E-state index in [2.05, 4.69) is 20.5 Å². The van der Waals surface area contributed by atoms with Gasteiger partial charge in [-0.05, 0) is 45.0 Å². The molecule has 9 nitrogen and oxygen atoms in total. The monoisotopic (exact) mass is 454 g/mol. The van der Waals surface area contributed by atoms with Gasteiger partial charge in [0, 0.05) is 5.56 Å². The largest absolute Gasteiger partial charge is 0.490 e. The number of carbonyl (C=O) groups is 1. The van der Waals surface area contributed by atoms with Crippen LogP contribution in [0.2, 0.25) is 0 Å². The topological polar surface area (TPSA) is 109 Å². The number of hydrogen-bond acceptors (Lipinski definition) is 9. The Morgan fingerprint density at radius 1 is 1.00 bits per heavy atom. The molecule has 0 bridgehead atoms. The molecule has 2 heterocycles. The molecule has 0 spiro atoms. The first-order valence-electron chi connectivity index (χ1n) is 10.2. The van der Waals surface area contributed by atoms with Crippen LogP contribution in [0.25, 0.3) is 21.7 Å². The molecule has 1 N–H and O–H groups in total. The fourth-order valence-electron chi connectivity index (χ4n) is 3.02. The number of nitrogens with zero attached hydrogens (tertiary/aromatic N) is 3. The van der Waals surface area contributed by atoms with Crippen LogP contribution in [0.15, 0.2) is 40.8 Å². The van der Waals surface area contributed by atoms with Crippen molar-refractivity contribution in [3.63, 3.8) is 0 Å². The maximum atomic E-state index is 12.6. The van der Waals surface area contributed by atoms with Crippen molar-refractivity contribution in [2.75, 3.05) is 25.1 Å². The third-order valence-electron chi connectivity index (χ3n) is 4.29. The van der Waals surface area contributed by atoms with Crippen LogP contribution in [-0.2, 0) is 0 Å². The van der Waals surface area contributed by atoms with E-state index in [1.807, 2.05) is 45.0 Å². The molecule has 0 aliphatic rings. The highest BCUT2D eigenvalue weighted by Gasteiger charge is 2.20. The number of aromatic nitrogens is 3. The first-order valence-corrected chi connectivity index (χ1v) is 11.0. The average Bonchev–Trinajstić information content (AvgIpc) is 3.43. The van der Waals surface area contributed by atoms with Gasteiger partial charge in [-0.1, -0.05) is 17.2 Å². The lowest BCUT2D eigenvalue weighted by molar-refractivity contribution is 0.102. The Bertz CT molecular complexity index is 1180. The van der Waals surface area contributed by atoms with E-state index in [1.165, 1.54) is 11.3 Å². The van der Waals surface area contributed by atoms with Crippen LogP contribution in [-0.4, -0.2) is 40.9 Å². The van der Waals surface area contributed by atoms with Gasteiger partial charge in [-0.3, -0.25) is 10.1 Å². The maximum absolute atomic E-state index is 12.6. The number of amides is 1. The SMILES string of the molecule is CCOc1cc(-c2nnc(NC(=O)c3nc4ccccc4s3)o2)cc(OCC)c1OCC. The summed E-state index contributed by atoms with van der Waals surface area (Å²) in [5.41, 5.74) is 1.34. The molecule has 4 aromatic rings. The lowest BCUT2D eigenvalue weighted by Crippen LogP contribution is -2.11. The van der Waals surface area contributed by atoms with Gasteiger partial charge >= 0.3 is 6.01 Å². The quantitative estimate of drug-likeness (QED) is 0.384. The molecule has 0 radical (unpaired) electrons. The minimum Gasteiger partial charge on any atom is -0.490 e. The van der Waals surface area contributed by atoms with Crippen molar-refractivity contribution in [1.82, 2.24) is 15.2 Å². The Morgan fingerprint density at radius 2 is 1.69 bits per heavy atom. The summed E-state index contributed by atoms with van der Waals surface area (Å²) in [4.78, 5) is 16.9. The molecule has 10 heteroatoms. The summed E-state index contributed by atoms with van der Waals surface area (Å²) in [5.74, 6) is 1.32. The molecule has 0 fully saturated rings. The fourth-order valence-corrected chi connectivity index (χ4v) is 3.88. The van der Waals surface area contributed by atoms with Gasteiger partial charge in [0.05, 0.1) is 30.0 Å². The van der Waals surface area contributed by atoms with Crippen molar-refractivity contribution in [3.05, 3.63) is 41.4 Å². The molecule has 4 rings (SSSR count). The fraction of sp³-hybridized carbons (Fsp3) is 0.273. The second-order valence-corrected chi connectivity index (χ2v) is 7.48. The van der Waals surface area contributed by atoms with Gasteiger partial charge < -0.3 is 18.6 Å². The van der Waals surface area contributed by atoms with Crippen LogP contribution >= 0.6 is 11.3 Å². The maximum Gasteiger partial charge on any atom is 0.322 e. The number of thiazole rings is 1. The number of fused-ring (bicyclic) bond motifs is 1. The third-order valence-corrected chi connectivity index (χ3v) is 5.32. The summed E-state index contributed by atoms with van der Waals surface area (Å²) in [7, 11) is 0. The predicted octanol–water partition coefficient (Wildman–Crippen LogP) is 4.79. The molecule has 0 saturated carbocycles. The lowest BCUT2D eigenvalue weighted by atomic mass is 10.2. The van der Waals surface area contributed by atoms with E-state index in [9.17, 15) is 4.79 Å². The van der Waals surface area contributed by atoms with Gasteiger partial charge in [-0.15, -0.1) is 16.4 Å². The molecule has 32 heavy (non-hydrogen) atoms. The van der Waals surface area contributed by atoms with E-state index in [-0.39, 0.29) is 11.9 Å². The van der Waals surface area contributed by atoms with E-state index in [0.29, 0.717) is 47.6 Å². The molecule has 2 aromatic carbocycles. The highest BCUT2D eigenvalue weighted by atomic mass is 32.1. The van der Waals surface area contributed by atoms with E-state index in [1.54, 1.807) is 12.1 Å². The number of para-hydroxylation sites is 1. The lowest BCUT2D eigenvalue weighted by Gasteiger charge is -2.16. The second-order valence-electron chi connectivity index (χ2n) is 6.45. The normalized spacial score (nSPS) is 10.8. The Kier molecular flexibility index (Phi) is 6.50. The van der Waals surface area contributed by atoms with Gasteiger partial charge in [0.25, 0.3) is 5.91 Å². The summed E-state index contributed by atoms with van der Waals surface area (Å²) >= 11 is 1.29. The molecule has 0 aliphatic carbocycles. The number of nitrogens with one attached hydrogen (secondary N) is 1. The van der Waals surface area contributed by atoms with E-state index < -0.39 is 5.91 Å². The van der Waals surface area contributed by atoms with Gasteiger partial charge in [-0.25, -0.2) is 4.98 Å². The molecule has 0 unspecified atom stereocenters. The molecule has 2 aromatic heterocycles. The summed E-state index contributed by atoms with van der Waals surface area (Å²) in [5, 5.41) is 10.9. The Labute approximate surface area is 188 Å². The van der Waals surface area contributed by atoms with Crippen LogP contribution in [0.1, 0.15) is 30.6 Å². The first kappa shape index (κ1) is 21.6. The van der Waals surface area contributed by atoms with Crippen molar-refractivity contribution in [2.45, 2.75) is 20.8 Å². The third kappa shape index (κ3) is 4.50. The number of carbonyl (C=O) groups excluding carboxylic acids is 1. The number of anilines is 1. The van der Waals surface area contributed by atoms with Gasteiger partial charge in [0.15, 0.2) is 16.5 Å². The smallest absolute Gasteiger partial charge is 0.322 e. The minimum atomic E-state index is -0.418. The highest BCUT2D eigenvalue weighted by Crippen LogP contribution is 2.41. The van der Waals surface area contributed by atoms with Crippen molar-refractivity contribution >= 4 is 33.5 Å². The van der Waals surface area contributed by atoms with Crippen LogP contribution in [0.5, 0.6) is 17.2 Å². The molecule has 0 saturated heterocycles. The van der Waals surface area contributed by atoms with Gasteiger partial charge in [0.1, 0.15) is 0 Å². The summed E-state index contributed by atoms with van der Waals surface area (Å²) < 4.78 is 23.8. The molecule has 0 atom stereocenters. The Morgan fingerprint density at radius 3 is 2.34 bits per heavy atom. The van der Waals surface area contributed by atoms with Crippen molar-refractivity contribution in [1.29, 1.82) is 0 Å². The summed E-state index contributed by atoms with van der Waals surface area (Å²) in [6, 6.07) is 11.0. The van der Waals surface area contributed by atoms with Crippen molar-refractivity contribution in [2.24, 2.45) is 0 Å². The zero-order valence-electron chi connectivity index (χ0n) is 17.9. The molecule has 1 amide bonds. The molecular weight excluding hydrogens is 432 g/mol. The zero-order chi connectivity index (χ0) is 22.5. The van der Waals surface area contributed by atoms with Gasteiger partial charge in [-0.2, -0.15) is 0 Å². The standard InChI is InChI=1S/C22H22N4O5S/c1-4-28-15-11-13(12-16(29-5-2)18(15)30-6-3)20-25-26-22(31-20)24-19(27)21-23-14-9-7-8-10-17(14)32-21/h7-12H,4-6H2,1-3H3,(H,24,26,27). The molecular formula is C22H22N4O5S. The summed E-state index contributed by atoms with van der Waals surface area (Å²) in [6.45, 7) is 7.00. The molecule has 166 valence electrons. The number of rotatable bonds is 9. The summed E-state index contributed by atoms with van der Waals surface area (Å²) in [6.07, 6.45) is 0. The highest BCUT2D eigenvalue weighted by molar-refractivity contribution is 7.20. The van der Waals surface area contributed by atoms with E-state index >= 15 is 0 Å². The molecule has 0 aliphatic heterocycles. The van der Waals surface area contributed by atoms with Crippen LogP contribution in [0, 0.1) is 0 Å². The first-order chi connectivity index (χ1) is 15.6. The van der Waals surface area contributed by atoms with E-state index in [0.717, 1.165) is 10.2 Å². The Hall–Kier alpha value is -3.66. The van der Waals surface area contributed by atoms with Gasteiger partial charge in [0.2, 0.25) is 11.6 Å². The van der Waals surface area contributed by atoms with Crippen LogP contribution in [0.3, 0.4) is 0 Å². The van der Waals surface area contributed by atoms with Crippen LogP contribution in [0.4, 0.5) is 6.01 Å². The van der Waals surface area contributed by atoms with Crippen molar-refractivity contribution in [3.8, 4) is 28.7 Å². The number of benzene rings is 2.